The van der Waals surface area contributed by atoms with Crippen LogP contribution in [0.2, 0.25) is 10.0 Å². The third-order valence-corrected chi connectivity index (χ3v) is 5.87. The molecular formula is C16H21Cl2N. The minimum atomic E-state index is 0.507. The Labute approximate surface area is 125 Å². The van der Waals surface area contributed by atoms with Crippen LogP contribution in [-0.2, 0) is 6.42 Å². The molecule has 0 saturated heterocycles. The minimum Gasteiger partial charge on any atom is -0.316 e. The van der Waals surface area contributed by atoms with E-state index in [1.807, 2.05) is 18.2 Å². The van der Waals surface area contributed by atoms with E-state index in [4.69, 9.17) is 23.2 Å². The molecular weight excluding hydrogens is 277 g/mol. The Bertz CT molecular complexity index is 440. The second-order valence-corrected chi connectivity index (χ2v) is 6.95. The summed E-state index contributed by atoms with van der Waals surface area (Å²) in [6, 6.07) is 6.31. The zero-order chi connectivity index (χ0) is 13.4. The Kier molecular flexibility index (Phi) is 4.07. The van der Waals surface area contributed by atoms with E-state index in [0.29, 0.717) is 6.04 Å². The Morgan fingerprint density at radius 3 is 2.47 bits per heavy atom. The van der Waals surface area contributed by atoms with Crippen LogP contribution in [0.1, 0.15) is 31.2 Å². The molecule has 2 aliphatic rings. The number of benzene rings is 1. The fourth-order valence-corrected chi connectivity index (χ4v) is 4.75. The lowest BCUT2D eigenvalue weighted by molar-refractivity contribution is 0.255. The Hall–Kier alpha value is -0.240. The lowest BCUT2D eigenvalue weighted by Gasteiger charge is -2.31. The molecule has 4 unspecified atom stereocenters. The lowest BCUT2D eigenvalue weighted by atomic mass is 9.81. The largest absolute Gasteiger partial charge is 0.316 e. The molecule has 1 nitrogen and oxygen atoms in total. The maximum atomic E-state index is 6.30. The summed E-state index contributed by atoms with van der Waals surface area (Å²) in [4.78, 5) is 0. The van der Waals surface area contributed by atoms with Crippen LogP contribution in [-0.4, -0.2) is 13.1 Å². The van der Waals surface area contributed by atoms with E-state index in [9.17, 15) is 0 Å². The molecule has 1 N–H and O–H groups in total. The summed E-state index contributed by atoms with van der Waals surface area (Å²) in [5.74, 6) is 2.70. The van der Waals surface area contributed by atoms with Crippen molar-refractivity contribution in [3.63, 3.8) is 0 Å². The van der Waals surface area contributed by atoms with E-state index in [2.05, 4.69) is 12.4 Å². The highest BCUT2D eigenvalue weighted by Gasteiger charge is 2.42. The van der Waals surface area contributed by atoms with Crippen LogP contribution in [0.25, 0.3) is 0 Å². The highest BCUT2D eigenvalue weighted by atomic mass is 35.5. The van der Waals surface area contributed by atoms with Crippen LogP contribution in [0.15, 0.2) is 18.2 Å². The molecule has 19 heavy (non-hydrogen) atoms. The number of hydrogen-bond acceptors (Lipinski definition) is 1. The molecule has 0 amide bonds. The quantitative estimate of drug-likeness (QED) is 0.859. The molecule has 2 fully saturated rings. The Balaban J connectivity index is 1.77. The Morgan fingerprint density at radius 1 is 1.21 bits per heavy atom. The third kappa shape index (κ3) is 2.66. The number of fused-ring (bicyclic) bond motifs is 2. The summed E-state index contributed by atoms with van der Waals surface area (Å²) in [5.41, 5.74) is 1.10. The van der Waals surface area contributed by atoms with Crippen LogP contribution >= 0.6 is 23.2 Å². The first-order chi connectivity index (χ1) is 9.19. The number of rotatable bonds is 4. The maximum absolute atomic E-state index is 6.30. The van der Waals surface area contributed by atoms with Gasteiger partial charge in [-0.05, 0) is 68.2 Å². The number of likely N-dealkylation sites (N-methyl/N-ethyl adjacent to an activating group) is 1. The van der Waals surface area contributed by atoms with Crippen LogP contribution in [0, 0.1) is 17.8 Å². The van der Waals surface area contributed by atoms with Crippen molar-refractivity contribution in [1.29, 1.82) is 0 Å². The first-order valence-electron chi connectivity index (χ1n) is 7.29. The minimum absolute atomic E-state index is 0.507. The summed E-state index contributed by atoms with van der Waals surface area (Å²) < 4.78 is 0. The van der Waals surface area contributed by atoms with E-state index < -0.39 is 0 Å². The van der Waals surface area contributed by atoms with Crippen molar-refractivity contribution in [1.82, 2.24) is 5.32 Å². The van der Waals surface area contributed by atoms with Gasteiger partial charge in [0.15, 0.2) is 0 Å². The molecule has 3 heteroatoms. The van der Waals surface area contributed by atoms with E-state index in [0.717, 1.165) is 39.8 Å². The Morgan fingerprint density at radius 2 is 1.95 bits per heavy atom. The first-order valence-corrected chi connectivity index (χ1v) is 8.04. The summed E-state index contributed by atoms with van der Waals surface area (Å²) >= 11 is 12.6. The molecule has 0 aromatic heterocycles. The summed E-state index contributed by atoms with van der Waals surface area (Å²) in [6.45, 7) is 0. The smallest absolute Gasteiger partial charge is 0.0453 e. The van der Waals surface area contributed by atoms with Gasteiger partial charge in [-0.3, -0.25) is 0 Å². The molecule has 0 aliphatic heterocycles. The fraction of sp³-hybridized carbons (Fsp3) is 0.625. The predicted molar refractivity (Wildman–Crippen MR) is 82.0 cm³/mol. The second-order valence-electron chi connectivity index (χ2n) is 6.14. The van der Waals surface area contributed by atoms with E-state index in [-0.39, 0.29) is 0 Å². The molecule has 0 radical (unpaired) electrons. The summed E-state index contributed by atoms with van der Waals surface area (Å²) in [6.07, 6.45) is 6.65. The van der Waals surface area contributed by atoms with Crippen LogP contribution in [0.5, 0.6) is 0 Å². The van der Waals surface area contributed by atoms with Gasteiger partial charge >= 0.3 is 0 Å². The summed E-state index contributed by atoms with van der Waals surface area (Å²) in [5, 5.41) is 5.12. The SMILES string of the molecule is CNC(Cc1c(Cl)cccc1Cl)C1CC2CCC1C2. The molecule has 0 heterocycles. The number of nitrogens with one attached hydrogen (secondary N) is 1. The molecule has 4 atom stereocenters. The molecule has 1 aromatic carbocycles. The van der Waals surface area contributed by atoms with Gasteiger partial charge in [-0.1, -0.05) is 35.7 Å². The first kappa shape index (κ1) is 13.7. The molecule has 2 aliphatic carbocycles. The normalized spacial score (nSPS) is 30.8. The third-order valence-electron chi connectivity index (χ3n) is 5.17. The van der Waals surface area contributed by atoms with Crippen molar-refractivity contribution < 1.29 is 0 Å². The van der Waals surface area contributed by atoms with Gasteiger partial charge in [0.2, 0.25) is 0 Å². The standard InChI is InChI=1S/C16H21Cl2N/c1-19-16(12-8-10-5-6-11(12)7-10)9-13-14(17)3-2-4-15(13)18/h2-4,10-12,16,19H,5-9H2,1H3. The van der Waals surface area contributed by atoms with Gasteiger partial charge in [0.1, 0.15) is 0 Å². The van der Waals surface area contributed by atoms with Crippen LogP contribution in [0.4, 0.5) is 0 Å². The highest BCUT2D eigenvalue weighted by molar-refractivity contribution is 6.36. The van der Waals surface area contributed by atoms with E-state index in [1.165, 1.54) is 25.7 Å². The zero-order valence-corrected chi connectivity index (χ0v) is 12.8. The molecule has 1 aromatic rings. The van der Waals surface area contributed by atoms with Crippen molar-refractivity contribution in [2.24, 2.45) is 17.8 Å². The highest BCUT2D eigenvalue weighted by Crippen LogP contribution is 2.50. The van der Waals surface area contributed by atoms with Gasteiger partial charge in [-0.15, -0.1) is 0 Å². The van der Waals surface area contributed by atoms with Crippen molar-refractivity contribution in [2.75, 3.05) is 7.05 Å². The van der Waals surface area contributed by atoms with Gasteiger partial charge in [0.05, 0.1) is 0 Å². The maximum Gasteiger partial charge on any atom is 0.0453 e. The topological polar surface area (TPSA) is 12.0 Å². The lowest BCUT2D eigenvalue weighted by Crippen LogP contribution is -2.38. The van der Waals surface area contributed by atoms with Gasteiger partial charge in [0, 0.05) is 16.1 Å². The number of halogens is 2. The molecule has 2 bridgehead atoms. The van der Waals surface area contributed by atoms with Gasteiger partial charge in [0.25, 0.3) is 0 Å². The molecule has 104 valence electrons. The number of hydrogen-bond donors (Lipinski definition) is 1. The van der Waals surface area contributed by atoms with Crippen molar-refractivity contribution in [3.05, 3.63) is 33.8 Å². The van der Waals surface area contributed by atoms with Crippen molar-refractivity contribution in [2.45, 2.75) is 38.1 Å². The average Bonchev–Trinajstić information content (AvgIpc) is 3.01. The second kappa shape index (κ2) is 5.63. The van der Waals surface area contributed by atoms with Crippen LogP contribution < -0.4 is 5.32 Å². The van der Waals surface area contributed by atoms with Gasteiger partial charge < -0.3 is 5.32 Å². The molecule has 3 rings (SSSR count). The molecule has 2 saturated carbocycles. The van der Waals surface area contributed by atoms with Crippen molar-refractivity contribution in [3.8, 4) is 0 Å². The average molecular weight is 298 g/mol. The monoisotopic (exact) mass is 297 g/mol. The van der Waals surface area contributed by atoms with Crippen LogP contribution in [0.3, 0.4) is 0 Å². The van der Waals surface area contributed by atoms with E-state index >= 15 is 0 Å². The summed E-state index contributed by atoms with van der Waals surface area (Å²) in [7, 11) is 2.07. The van der Waals surface area contributed by atoms with Gasteiger partial charge in [-0.25, -0.2) is 0 Å². The fourth-order valence-electron chi connectivity index (χ4n) is 4.20. The molecule has 0 spiro atoms. The zero-order valence-electron chi connectivity index (χ0n) is 11.3. The van der Waals surface area contributed by atoms with Gasteiger partial charge in [-0.2, -0.15) is 0 Å². The van der Waals surface area contributed by atoms with E-state index in [1.54, 1.807) is 0 Å². The predicted octanol–water partition coefficient (Wildman–Crippen LogP) is 4.56. The van der Waals surface area contributed by atoms with Crippen molar-refractivity contribution >= 4 is 23.2 Å².